The van der Waals surface area contributed by atoms with Gasteiger partial charge in [-0.1, -0.05) is 6.92 Å². The fourth-order valence-electron chi connectivity index (χ4n) is 1.59. The molecule has 1 aromatic rings. The zero-order chi connectivity index (χ0) is 14.5. The monoisotopic (exact) mass is 265 g/mol. The fourth-order valence-corrected chi connectivity index (χ4v) is 1.59. The van der Waals surface area contributed by atoms with Gasteiger partial charge in [-0.3, -0.25) is 4.79 Å². The van der Waals surface area contributed by atoms with Gasteiger partial charge in [0.25, 0.3) is 5.91 Å². The third-order valence-electron chi connectivity index (χ3n) is 2.50. The molecule has 0 aliphatic carbocycles. The minimum atomic E-state index is -0.479. The van der Waals surface area contributed by atoms with Gasteiger partial charge < -0.3 is 14.8 Å². The van der Waals surface area contributed by atoms with E-state index in [0.29, 0.717) is 12.2 Å². The van der Waals surface area contributed by atoms with E-state index in [0.717, 1.165) is 5.75 Å². The molecule has 0 fully saturated rings. The van der Waals surface area contributed by atoms with E-state index in [2.05, 4.69) is 5.32 Å². The van der Waals surface area contributed by atoms with Crippen LogP contribution >= 0.6 is 0 Å². The van der Waals surface area contributed by atoms with E-state index in [9.17, 15) is 4.79 Å². The molecule has 0 aliphatic heterocycles. The minimum absolute atomic E-state index is 0.0918. The molecule has 19 heavy (non-hydrogen) atoms. The predicted molar refractivity (Wildman–Crippen MR) is 75.6 cm³/mol. The summed E-state index contributed by atoms with van der Waals surface area (Å²) >= 11 is 0. The Hall–Kier alpha value is -1.71. The van der Waals surface area contributed by atoms with Gasteiger partial charge in [0.05, 0.1) is 7.11 Å². The Labute approximate surface area is 115 Å². The lowest BCUT2D eigenvalue weighted by molar-refractivity contribution is -0.129. The number of carbonyl (C=O) groups excluding carboxylic acids is 1. The standard InChI is InChI=1S/C15H23NO3/c1-6-13(14(17)16-15(2,3)4)19-12-9-7-11(18-5)8-10-12/h7-10,13H,6H2,1-5H3,(H,16,17). The number of rotatable bonds is 5. The molecule has 0 bridgehead atoms. The highest BCUT2D eigenvalue weighted by Gasteiger charge is 2.22. The second kappa shape index (κ2) is 6.45. The number of amides is 1. The number of hydrogen-bond donors (Lipinski definition) is 1. The first-order chi connectivity index (χ1) is 8.85. The highest BCUT2D eigenvalue weighted by atomic mass is 16.5. The topological polar surface area (TPSA) is 47.6 Å². The lowest BCUT2D eigenvalue weighted by Crippen LogP contribution is -2.47. The van der Waals surface area contributed by atoms with Crippen molar-refractivity contribution in [3.8, 4) is 11.5 Å². The molecule has 0 radical (unpaired) electrons. The van der Waals surface area contributed by atoms with E-state index in [-0.39, 0.29) is 11.4 Å². The summed E-state index contributed by atoms with van der Waals surface area (Å²) in [6.07, 6.45) is 0.140. The molecule has 1 amide bonds. The fraction of sp³-hybridized carbons (Fsp3) is 0.533. The molecule has 106 valence electrons. The van der Waals surface area contributed by atoms with Gasteiger partial charge in [-0.25, -0.2) is 0 Å². The second-order valence-electron chi connectivity index (χ2n) is 5.43. The first-order valence-electron chi connectivity index (χ1n) is 6.48. The molecule has 1 rings (SSSR count). The van der Waals surface area contributed by atoms with E-state index < -0.39 is 6.10 Å². The maximum atomic E-state index is 12.1. The predicted octanol–water partition coefficient (Wildman–Crippen LogP) is 2.77. The smallest absolute Gasteiger partial charge is 0.261 e. The van der Waals surface area contributed by atoms with Crippen LogP contribution in [0, 0.1) is 0 Å². The number of nitrogens with one attached hydrogen (secondary N) is 1. The Kier molecular flexibility index (Phi) is 5.21. The molecule has 1 atom stereocenters. The molecule has 0 spiro atoms. The highest BCUT2D eigenvalue weighted by Crippen LogP contribution is 2.19. The van der Waals surface area contributed by atoms with Gasteiger partial charge in [0.2, 0.25) is 0 Å². The van der Waals surface area contributed by atoms with Crippen molar-refractivity contribution in [2.75, 3.05) is 7.11 Å². The first-order valence-corrected chi connectivity index (χ1v) is 6.48. The molecule has 4 heteroatoms. The largest absolute Gasteiger partial charge is 0.497 e. The Balaban J connectivity index is 2.67. The van der Waals surface area contributed by atoms with E-state index in [1.165, 1.54) is 0 Å². The summed E-state index contributed by atoms with van der Waals surface area (Å²) in [5, 5.41) is 2.92. The third kappa shape index (κ3) is 5.20. The first kappa shape index (κ1) is 15.3. The van der Waals surface area contributed by atoms with Gasteiger partial charge in [0.1, 0.15) is 11.5 Å². The van der Waals surface area contributed by atoms with E-state index in [4.69, 9.17) is 9.47 Å². The normalized spacial score (nSPS) is 12.7. The van der Waals surface area contributed by atoms with Crippen LogP contribution in [0.15, 0.2) is 24.3 Å². The molecule has 4 nitrogen and oxygen atoms in total. The van der Waals surface area contributed by atoms with Gasteiger partial charge in [0.15, 0.2) is 6.10 Å². The van der Waals surface area contributed by atoms with Crippen LogP contribution in [0.2, 0.25) is 0 Å². The summed E-state index contributed by atoms with van der Waals surface area (Å²) in [5.41, 5.74) is -0.256. The van der Waals surface area contributed by atoms with Crippen molar-refractivity contribution in [1.82, 2.24) is 5.32 Å². The number of ether oxygens (including phenoxy) is 2. The summed E-state index contributed by atoms with van der Waals surface area (Å²) < 4.78 is 10.8. The SMILES string of the molecule is CCC(Oc1ccc(OC)cc1)C(=O)NC(C)(C)C. The van der Waals surface area contributed by atoms with Crippen LogP contribution < -0.4 is 14.8 Å². The van der Waals surface area contributed by atoms with Crippen LogP contribution in [0.25, 0.3) is 0 Å². The maximum Gasteiger partial charge on any atom is 0.261 e. The van der Waals surface area contributed by atoms with Gasteiger partial charge in [-0.15, -0.1) is 0 Å². The Morgan fingerprint density at radius 1 is 1.21 bits per heavy atom. The van der Waals surface area contributed by atoms with Crippen molar-refractivity contribution >= 4 is 5.91 Å². The van der Waals surface area contributed by atoms with Crippen LogP contribution in [0.1, 0.15) is 34.1 Å². The molecular formula is C15H23NO3. The Morgan fingerprint density at radius 3 is 2.16 bits per heavy atom. The molecule has 0 saturated carbocycles. The van der Waals surface area contributed by atoms with Crippen molar-refractivity contribution in [2.24, 2.45) is 0 Å². The van der Waals surface area contributed by atoms with Crippen LogP contribution in [0.3, 0.4) is 0 Å². The number of carbonyl (C=O) groups is 1. The Bertz CT molecular complexity index is 406. The number of benzene rings is 1. The van der Waals surface area contributed by atoms with Crippen molar-refractivity contribution < 1.29 is 14.3 Å². The second-order valence-corrected chi connectivity index (χ2v) is 5.43. The summed E-state index contributed by atoms with van der Waals surface area (Å²) in [7, 11) is 1.61. The van der Waals surface area contributed by atoms with Gasteiger partial charge in [-0.2, -0.15) is 0 Å². The van der Waals surface area contributed by atoms with Crippen molar-refractivity contribution in [2.45, 2.75) is 45.8 Å². The highest BCUT2D eigenvalue weighted by molar-refractivity contribution is 5.81. The molecule has 0 heterocycles. The van der Waals surface area contributed by atoms with Crippen molar-refractivity contribution in [3.63, 3.8) is 0 Å². The quantitative estimate of drug-likeness (QED) is 0.890. The Morgan fingerprint density at radius 2 is 1.74 bits per heavy atom. The lowest BCUT2D eigenvalue weighted by atomic mass is 10.1. The van der Waals surface area contributed by atoms with E-state index in [1.807, 2.05) is 39.8 Å². The van der Waals surface area contributed by atoms with Gasteiger partial charge in [-0.05, 0) is 51.5 Å². The third-order valence-corrected chi connectivity index (χ3v) is 2.50. The molecule has 0 aliphatic rings. The van der Waals surface area contributed by atoms with Crippen molar-refractivity contribution in [1.29, 1.82) is 0 Å². The zero-order valence-corrected chi connectivity index (χ0v) is 12.3. The van der Waals surface area contributed by atoms with Gasteiger partial charge in [0, 0.05) is 5.54 Å². The van der Waals surface area contributed by atoms with E-state index in [1.54, 1.807) is 19.2 Å². The summed E-state index contributed by atoms with van der Waals surface area (Å²) in [6, 6.07) is 7.21. The number of methoxy groups -OCH3 is 1. The molecule has 0 saturated heterocycles. The average Bonchev–Trinajstić information content (AvgIpc) is 2.34. The molecule has 1 unspecified atom stereocenters. The maximum absolute atomic E-state index is 12.1. The molecule has 0 aromatic heterocycles. The summed E-state index contributed by atoms with van der Waals surface area (Å²) in [6.45, 7) is 7.78. The average molecular weight is 265 g/mol. The van der Waals surface area contributed by atoms with Crippen LogP contribution in [0.4, 0.5) is 0 Å². The van der Waals surface area contributed by atoms with E-state index >= 15 is 0 Å². The van der Waals surface area contributed by atoms with Gasteiger partial charge >= 0.3 is 0 Å². The van der Waals surface area contributed by atoms with Crippen molar-refractivity contribution in [3.05, 3.63) is 24.3 Å². The molecular weight excluding hydrogens is 242 g/mol. The minimum Gasteiger partial charge on any atom is -0.497 e. The lowest BCUT2D eigenvalue weighted by Gasteiger charge is -2.24. The number of hydrogen-bond acceptors (Lipinski definition) is 3. The van der Waals surface area contributed by atoms with Crippen LogP contribution in [0.5, 0.6) is 11.5 Å². The van der Waals surface area contributed by atoms with Crippen LogP contribution in [-0.4, -0.2) is 24.7 Å². The molecule has 1 N–H and O–H groups in total. The molecule has 1 aromatic carbocycles. The zero-order valence-electron chi connectivity index (χ0n) is 12.3. The summed E-state index contributed by atoms with van der Waals surface area (Å²) in [4.78, 5) is 12.1. The van der Waals surface area contributed by atoms with Crippen LogP contribution in [-0.2, 0) is 4.79 Å². The summed E-state index contributed by atoms with van der Waals surface area (Å²) in [5.74, 6) is 1.34.